The number of anilines is 1. The Kier molecular flexibility index (Phi) is 5.46. The molecule has 0 unspecified atom stereocenters. The van der Waals surface area contributed by atoms with E-state index < -0.39 is 0 Å². The monoisotopic (exact) mass is 287 g/mol. The molecule has 4 nitrogen and oxygen atoms in total. The minimum atomic E-state index is 0.154. The van der Waals surface area contributed by atoms with Crippen LogP contribution in [-0.4, -0.2) is 18.3 Å². The van der Waals surface area contributed by atoms with E-state index in [4.69, 9.17) is 20.3 Å². The molecule has 0 saturated heterocycles. The molecular weight excluding hydrogens is 266 g/mol. The number of nitrogens with two attached hydrogens (primary N) is 1. The number of benzene rings is 2. The van der Waals surface area contributed by atoms with Crippen molar-refractivity contribution in [3.8, 4) is 11.5 Å². The summed E-state index contributed by atoms with van der Waals surface area (Å²) in [6.07, 6.45) is 0.657. The molecule has 0 fully saturated rings. The van der Waals surface area contributed by atoms with Gasteiger partial charge in [0.2, 0.25) is 0 Å². The number of aliphatic hydroxyl groups is 1. The largest absolute Gasteiger partial charge is 0.493 e. The zero-order valence-electron chi connectivity index (χ0n) is 12.2. The van der Waals surface area contributed by atoms with Crippen LogP contribution >= 0.6 is 0 Å². The van der Waals surface area contributed by atoms with E-state index in [0.717, 1.165) is 22.6 Å². The molecule has 3 N–H and O–H groups in total. The summed E-state index contributed by atoms with van der Waals surface area (Å²) in [7, 11) is 0. The van der Waals surface area contributed by atoms with Gasteiger partial charge in [-0.25, -0.2) is 0 Å². The van der Waals surface area contributed by atoms with Crippen LogP contribution < -0.4 is 15.2 Å². The second kappa shape index (κ2) is 7.55. The van der Waals surface area contributed by atoms with E-state index in [1.54, 1.807) is 0 Å². The van der Waals surface area contributed by atoms with Gasteiger partial charge < -0.3 is 20.3 Å². The van der Waals surface area contributed by atoms with Crippen molar-refractivity contribution in [2.75, 3.05) is 18.9 Å². The first-order valence-electron chi connectivity index (χ1n) is 7.06. The first-order valence-corrected chi connectivity index (χ1v) is 7.06. The molecule has 2 aromatic carbocycles. The van der Waals surface area contributed by atoms with Gasteiger partial charge in [0.15, 0.2) is 0 Å². The van der Waals surface area contributed by atoms with Gasteiger partial charge in [-0.2, -0.15) is 0 Å². The highest BCUT2D eigenvalue weighted by Gasteiger charge is 2.05. The second-order valence-corrected chi connectivity index (χ2v) is 4.71. The van der Waals surface area contributed by atoms with Crippen molar-refractivity contribution in [2.24, 2.45) is 0 Å². The third-order valence-electron chi connectivity index (χ3n) is 3.10. The highest BCUT2D eigenvalue weighted by molar-refractivity contribution is 5.47. The van der Waals surface area contributed by atoms with E-state index in [2.05, 4.69) is 0 Å². The van der Waals surface area contributed by atoms with Crippen LogP contribution in [0.2, 0.25) is 0 Å². The van der Waals surface area contributed by atoms with E-state index in [1.165, 1.54) is 0 Å². The van der Waals surface area contributed by atoms with Gasteiger partial charge in [0, 0.05) is 17.9 Å². The number of rotatable bonds is 7. The van der Waals surface area contributed by atoms with Crippen LogP contribution in [0, 0.1) is 0 Å². The average molecular weight is 287 g/mol. The van der Waals surface area contributed by atoms with Gasteiger partial charge in [-0.1, -0.05) is 12.1 Å². The molecule has 112 valence electrons. The van der Waals surface area contributed by atoms with Gasteiger partial charge in [-0.15, -0.1) is 0 Å². The van der Waals surface area contributed by atoms with E-state index >= 15 is 0 Å². The minimum Gasteiger partial charge on any atom is -0.493 e. The summed E-state index contributed by atoms with van der Waals surface area (Å²) in [6.45, 7) is 3.11. The summed E-state index contributed by atoms with van der Waals surface area (Å²) >= 11 is 0. The van der Waals surface area contributed by atoms with Crippen molar-refractivity contribution in [3.63, 3.8) is 0 Å². The highest BCUT2D eigenvalue weighted by Crippen LogP contribution is 2.23. The molecule has 0 aliphatic heterocycles. The van der Waals surface area contributed by atoms with E-state index in [0.29, 0.717) is 25.3 Å². The van der Waals surface area contributed by atoms with Gasteiger partial charge in [-0.05, 0) is 49.2 Å². The SMILES string of the molecule is CCOc1ccc(N)cc1COc1ccc(CCO)cc1. The average Bonchev–Trinajstić information content (AvgIpc) is 2.49. The number of hydrogen-bond donors (Lipinski definition) is 2. The van der Waals surface area contributed by atoms with Crippen LogP contribution in [0.15, 0.2) is 42.5 Å². The van der Waals surface area contributed by atoms with Crippen molar-refractivity contribution in [3.05, 3.63) is 53.6 Å². The maximum Gasteiger partial charge on any atom is 0.126 e. The predicted molar refractivity (Wildman–Crippen MR) is 83.6 cm³/mol. The Labute approximate surface area is 125 Å². The Hall–Kier alpha value is -2.20. The number of hydrogen-bond acceptors (Lipinski definition) is 4. The second-order valence-electron chi connectivity index (χ2n) is 4.71. The fourth-order valence-corrected chi connectivity index (χ4v) is 2.05. The predicted octanol–water partition coefficient (Wildman–Crippen LogP) is 2.78. The van der Waals surface area contributed by atoms with Gasteiger partial charge in [0.1, 0.15) is 18.1 Å². The first-order chi connectivity index (χ1) is 10.2. The lowest BCUT2D eigenvalue weighted by atomic mass is 10.1. The Morgan fingerprint density at radius 2 is 1.81 bits per heavy atom. The minimum absolute atomic E-state index is 0.154. The van der Waals surface area contributed by atoms with Crippen LogP contribution in [0.5, 0.6) is 11.5 Å². The van der Waals surface area contributed by atoms with Crippen molar-refractivity contribution in [2.45, 2.75) is 20.0 Å². The summed E-state index contributed by atoms with van der Waals surface area (Å²) < 4.78 is 11.3. The Balaban J connectivity index is 2.03. The van der Waals surface area contributed by atoms with Crippen LogP contribution in [0.4, 0.5) is 5.69 Å². The molecule has 21 heavy (non-hydrogen) atoms. The van der Waals surface area contributed by atoms with Gasteiger partial charge in [0.05, 0.1) is 6.61 Å². The molecule has 0 saturated carbocycles. The van der Waals surface area contributed by atoms with Crippen molar-refractivity contribution in [1.82, 2.24) is 0 Å². The van der Waals surface area contributed by atoms with E-state index in [9.17, 15) is 0 Å². The van der Waals surface area contributed by atoms with Gasteiger partial charge in [-0.3, -0.25) is 0 Å². The zero-order chi connectivity index (χ0) is 15.1. The number of nitrogen functional groups attached to an aromatic ring is 1. The van der Waals surface area contributed by atoms with E-state index in [-0.39, 0.29) is 6.61 Å². The zero-order valence-corrected chi connectivity index (χ0v) is 12.2. The summed E-state index contributed by atoms with van der Waals surface area (Å²) in [5.74, 6) is 1.57. The quantitative estimate of drug-likeness (QED) is 0.769. The molecule has 0 spiro atoms. The smallest absolute Gasteiger partial charge is 0.126 e. The first kappa shape index (κ1) is 15.2. The normalized spacial score (nSPS) is 10.4. The van der Waals surface area contributed by atoms with Crippen LogP contribution in [-0.2, 0) is 13.0 Å². The van der Waals surface area contributed by atoms with Crippen molar-refractivity contribution in [1.29, 1.82) is 0 Å². The summed E-state index contributed by atoms with van der Waals surface area (Å²) in [6, 6.07) is 13.3. The summed E-state index contributed by atoms with van der Waals surface area (Å²) in [5, 5.41) is 8.89. The molecular formula is C17H21NO3. The van der Waals surface area contributed by atoms with Crippen LogP contribution in [0.1, 0.15) is 18.1 Å². The lowest BCUT2D eigenvalue weighted by Gasteiger charge is -2.12. The molecule has 2 aromatic rings. The number of ether oxygens (including phenoxy) is 2. The topological polar surface area (TPSA) is 64.7 Å². The van der Waals surface area contributed by atoms with Crippen LogP contribution in [0.3, 0.4) is 0 Å². The molecule has 4 heteroatoms. The lowest BCUT2D eigenvalue weighted by molar-refractivity contribution is 0.286. The maximum atomic E-state index is 8.89. The Bertz CT molecular complexity index is 567. The molecule has 0 bridgehead atoms. The molecule has 0 heterocycles. The number of aliphatic hydroxyl groups excluding tert-OH is 1. The third kappa shape index (κ3) is 4.39. The fraction of sp³-hybridized carbons (Fsp3) is 0.294. The molecule has 0 amide bonds. The Morgan fingerprint density at radius 3 is 2.48 bits per heavy atom. The van der Waals surface area contributed by atoms with E-state index in [1.807, 2.05) is 49.4 Å². The standard InChI is InChI=1S/C17H21NO3/c1-2-20-17-8-5-15(18)11-14(17)12-21-16-6-3-13(4-7-16)9-10-19/h3-8,11,19H,2,9-10,12,18H2,1H3. The Morgan fingerprint density at radius 1 is 1.05 bits per heavy atom. The molecule has 0 aliphatic carbocycles. The van der Waals surface area contributed by atoms with Crippen LogP contribution in [0.25, 0.3) is 0 Å². The van der Waals surface area contributed by atoms with Crippen molar-refractivity contribution < 1.29 is 14.6 Å². The summed E-state index contributed by atoms with van der Waals surface area (Å²) in [4.78, 5) is 0. The fourth-order valence-electron chi connectivity index (χ4n) is 2.05. The third-order valence-corrected chi connectivity index (χ3v) is 3.10. The molecule has 0 aromatic heterocycles. The van der Waals surface area contributed by atoms with Gasteiger partial charge in [0.25, 0.3) is 0 Å². The summed E-state index contributed by atoms with van der Waals surface area (Å²) in [5.41, 5.74) is 8.52. The lowest BCUT2D eigenvalue weighted by Crippen LogP contribution is -2.02. The van der Waals surface area contributed by atoms with Crippen molar-refractivity contribution >= 4 is 5.69 Å². The molecule has 0 atom stereocenters. The van der Waals surface area contributed by atoms with Gasteiger partial charge >= 0.3 is 0 Å². The highest BCUT2D eigenvalue weighted by atomic mass is 16.5. The molecule has 0 aliphatic rings. The molecule has 0 radical (unpaired) electrons. The molecule has 2 rings (SSSR count). The maximum absolute atomic E-state index is 8.89.